The van der Waals surface area contributed by atoms with Crippen molar-refractivity contribution < 1.29 is 9.47 Å². The Kier molecular flexibility index (Phi) is 3.50. The zero-order valence-corrected chi connectivity index (χ0v) is 12.0. The average molecular weight is 283 g/mol. The number of nitrogen functional groups attached to an aromatic ring is 1. The maximum Gasteiger partial charge on any atom is 0.206 e. The van der Waals surface area contributed by atoms with Gasteiger partial charge >= 0.3 is 0 Å². The Morgan fingerprint density at radius 3 is 2.67 bits per heavy atom. The molecule has 5 heteroatoms. The van der Waals surface area contributed by atoms with Gasteiger partial charge in [0.1, 0.15) is 11.3 Å². The Morgan fingerprint density at radius 1 is 1.10 bits per heavy atom. The molecular formula is C16H17N3O2. The maximum absolute atomic E-state index is 6.13. The summed E-state index contributed by atoms with van der Waals surface area (Å²) in [5, 5.41) is 0. The molecule has 21 heavy (non-hydrogen) atoms. The van der Waals surface area contributed by atoms with E-state index in [9.17, 15) is 0 Å². The van der Waals surface area contributed by atoms with Crippen LogP contribution in [0, 0.1) is 0 Å². The summed E-state index contributed by atoms with van der Waals surface area (Å²) in [4.78, 5) is 4.44. The number of benzene rings is 2. The predicted octanol–water partition coefficient (Wildman–Crippen LogP) is 2.76. The summed E-state index contributed by atoms with van der Waals surface area (Å²) in [7, 11) is 3.30. The SMILES string of the molecule is COCc1ccccc1-n1c(N)nc2c(OC)cccc21. The fourth-order valence-electron chi connectivity index (χ4n) is 2.52. The third-order valence-corrected chi connectivity index (χ3v) is 3.43. The summed E-state index contributed by atoms with van der Waals surface area (Å²) in [6, 6.07) is 13.8. The Balaban J connectivity index is 2.28. The van der Waals surface area contributed by atoms with Crippen molar-refractivity contribution >= 4 is 17.0 Å². The molecule has 0 unspecified atom stereocenters. The smallest absolute Gasteiger partial charge is 0.206 e. The number of nitrogens with zero attached hydrogens (tertiary/aromatic N) is 2. The first-order chi connectivity index (χ1) is 10.3. The van der Waals surface area contributed by atoms with Crippen molar-refractivity contribution in [1.29, 1.82) is 0 Å². The zero-order chi connectivity index (χ0) is 14.8. The summed E-state index contributed by atoms with van der Waals surface area (Å²) in [6.45, 7) is 0.513. The van der Waals surface area contributed by atoms with Crippen LogP contribution in [0.15, 0.2) is 42.5 Å². The first-order valence-electron chi connectivity index (χ1n) is 6.64. The molecular weight excluding hydrogens is 266 g/mol. The van der Waals surface area contributed by atoms with Gasteiger partial charge in [-0.1, -0.05) is 24.3 Å². The fourth-order valence-corrected chi connectivity index (χ4v) is 2.52. The Labute approximate surface area is 122 Å². The van der Waals surface area contributed by atoms with E-state index in [1.807, 2.05) is 47.0 Å². The van der Waals surface area contributed by atoms with Gasteiger partial charge in [-0.25, -0.2) is 4.98 Å². The van der Waals surface area contributed by atoms with Crippen molar-refractivity contribution in [1.82, 2.24) is 9.55 Å². The van der Waals surface area contributed by atoms with Gasteiger partial charge in [0.2, 0.25) is 5.95 Å². The highest BCUT2D eigenvalue weighted by molar-refractivity contribution is 5.86. The minimum Gasteiger partial charge on any atom is -0.494 e. The van der Waals surface area contributed by atoms with Crippen molar-refractivity contribution in [2.24, 2.45) is 0 Å². The van der Waals surface area contributed by atoms with Gasteiger partial charge in [-0.3, -0.25) is 4.57 Å². The van der Waals surface area contributed by atoms with Crippen LogP contribution in [0.25, 0.3) is 16.7 Å². The molecule has 5 nitrogen and oxygen atoms in total. The van der Waals surface area contributed by atoms with Crippen LogP contribution in [0.4, 0.5) is 5.95 Å². The molecule has 0 saturated heterocycles. The molecule has 0 saturated carbocycles. The number of anilines is 1. The van der Waals surface area contributed by atoms with Gasteiger partial charge in [-0.2, -0.15) is 0 Å². The van der Waals surface area contributed by atoms with Crippen molar-refractivity contribution in [2.75, 3.05) is 20.0 Å². The molecule has 0 aliphatic heterocycles. The minimum absolute atomic E-state index is 0.429. The largest absolute Gasteiger partial charge is 0.494 e. The van der Waals surface area contributed by atoms with Crippen molar-refractivity contribution in [3.8, 4) is 11.4 Å². The minimum atomic E-state index is 0.429. The number of ether oxygens (including phenoxy) is 2. The number of nitrogens with two attached hydrogens (primary N) is 1. The molecule has 108 valence electrons. The normalized spacial score (nSPS) is 11.0. The number of aromatic nitrogens is 2. The summed E-state index contributed by atoms with van der Waals surface area (Å²) >= 11 is 0. The molecule has 1 aromatic heterocycles. The molecule has 0 aliphatic carbocycles. The van der Waals surface area contributed by atoms with Gasteiger partial charge in [0.25, 0.3) is 0 Å². The number of imidazole rings is 1. The lowest BCUT2D eigenvalue weighted by molar-refractivity contribution is 0.185. The first-order valence-corrected chi connectivity index (χ1v) is 6.64. The van der Waals surface area contributed by atoms with E-state index in [0.717, 1.165) is 22.3 Å². The van der Waals surface area contributed by atoms with E-state index in [2.05, 4.69) is 4.98 Å². The average Bonchev–Trinajstić information content (AvgIpc) is 2.84. The van der Waals surface area contributed by atoms with Crippen LogP contribution >= 0.6 is 0 Å². The second-order valence-electron chi connectivity index (χ2n) is 4.70. The van der Waals surface area contributed by atoms with Crippen LogP contribution in [0.2, 0.25) is 0 Å². The van der Waals surface area contributed by atoms with Gasteiger partial charge in [-0.15, -0.1) is 0 Å². The summed E-state index contributed by atoms with van der Waals surface area (Å²) < 4.78 is 12.5. The quantitative estimate of drug-likeness (QED) is 0.799. The molecule has 0 spiro atoms. The maximum atomic E-state index is 6.13. The molecule has 0 aliphatic rings. The highest BCUT2D eigenvalue weighted by Crippen LogP contribution is 2.30. The lowest BCUT2D eigenvalue weighted by atomic mass is 10.2. The summed E-state index contributed by atoms with van der Waals surface area (Å²) in [5.74, 6) is 1.14. The van der Waals surface area contributed by atoms with E-state index in [1.54, 1.807) is 14.2 Å². The third-order valence-electron chi connectivity index (χ3n) is 3.43. The lowest BCUT2D eigenvalue weighted by Crippen LogP contribution is -2.04. The fraction of sp³-hybridized carbons (Fsp3) is 0.188. The highest BCUT2D eigenvalue weighted by atomic mass is 16.5. The molecule has 0 atom stereocenters. The summed E-state index contributed by atoms with van der Waals surface area (Å²) in [6.07, 6.45) is 0. The van der Waals surface area contributed by atoms with Crippen LogP contribution in [-0.2, 0) is 11.3 Å². The van der Waals surface area contributed by atoms with Gasteiger partial charge in [-0.05, 0) is 18.2 Å². The first kappa shape index (κ1) is 13.5. The van der Waals surface area contributed by atoms with Crippen LogP contribution in [0.5, 0.6) is 5.75 Å². The van der Waals surface area contributed by atoms with E-state index >= 15 is 0 Å². The molecule has 0 amide bonds. The predicted molar refractivity (Wildman–Crippen MR) is 82.7 cm³/mol. The van der Waals surface area contributed by atoms with Crippen molar-refractivity contribution in [2.45, 2.75) is 6.61 Å². The van der Waals surface area contributed by atoms with E-state index in [-0.39, 0.29) is 0 Å². The van der Waals surface area contributed by atoms with Crippen LogP contribution < -0.4 is 10.5 Å². The number of methoxy groups -OCH3 is 2. The topological polar surface area (TPSA) is 62.3 Å². The van der Waals surface area contributed by atoms with Crippen LogP contribution in [0.1, 0.15) is 5.56 Å². The standard InChI is InChI=1S/C16H17N3O2/c1-20-10-11-6-3-4-7-12(11)19-13-8-5-9-14(21-2)15(13)18-16(19)17/h3-9H,10H2,1-2H3,(H2,17,18). The number of hydrogen-bond donors (Lipinski definition) is 1. The van der Waals surface area contributed by atoms with Crippen molar-refractivity contribution in [3.05, 3.63) is 48.0 Å². The van der Waals surface area contributed by atoms with E-state index in [1.165, 1.54) is 0 Å². The number of fused-ring (bicyclic) bond motifs is 1. The van der Waals surface area contributed by atoms with Gasteiger partial charge in [0.15, 0.2) is 0 Å². The van der Waals surface area contributed by atoms with E-state index in [4.69, 9.17) is 15.2 Å². The monoisotopic (exact) mass is 283 g/mol. The Hall–Kier alpha value is -2.53. The molecule has 0 fully saturated rings. The molecule has 2 N–H and O–H groups in total. The second kappa shape index (κ2) is 5.46. The van der Waals surface area contributed by atoms with Gasteiger partial charge in [0, 0.05) is 12.7 Å². The number of rotatable bonds is 4. The molecule has 3 rings (SSSR count). The molecule has 1 heterocycles. The van der Waals surface area contributed by atoms with Crippen molar-refractivity contribution in [3.63, 3.8) is 0 Å². The second-order valence-corrected chi connectivity index (χ2v) is 4.70. The van der Waals surface area contributed by atoms with E-state index in [0.29, 0.717) is 18.3 Å². The van der Waals surface area contributed by atoms with E-state index < -0.39 is 0 Å². The Morgan fingerprint density at radius 2 is 1.90 bits per heavy atom. The molecule has 3 aromatic rings. The Bertz CT molecular complexity index is 780. The van der Waals surface area contributed by atoms with Gasteiger partial charge in [0.05, 0.1) is 24.9 Å². The van der Waals surface area contributed by atoms with Crippen LogP contribution in [-0.4, -0.2) is 23.8 Å². The molecule has 0 radical (unpaired) electrons. The number of para-hydroxylation sites is 2. The lowest BCUT2D eigenvalue weighted by Gasteiger charge is -2.12. The molecule has 2 aromatic carbocycles. The van der Waals surface area contributed by atoms with Gasteiger partial charge < -0.3 is 15.2 Å². The highest BCUT2D eigenvalue weighted by Gasteiger charge is 2.15. The molecule has 0 bridgehead atoms. The summed E-state index contributed by atoms with van der Waals surface area (Å²) in [5.41, 5.74) is 9.81. The third kappa shape index (κ3) is 2.21. The number of hydrogen-bond acceptors (Lipinski definition) is 4. The van der Waals surface area contributed by atoms with Crippen LogP contribution in [0.3, 0.4) is 0 Å². The zero-order valence-electron chi connectivity index (χ0n) is 12.0.